The number of rotatable bonds is 9. The van der Waals surface area contributed by atoms with E-state index in [4.69, 9.17) is 4.74 Å². The van der Waals surface area contributed by atoms with Crippen molar-refractivity contribution in [2.45, 2.75) is 52.6 Å². The first kappa shape index (κ1) is 20.5. The van der Waals surface area contributed by atoms with Crippen molar-refractivity contribution in [3.8, 4) is 0 Å². The minimum absolute atomic E-state index is 0.0116. The lowest BCUT2D eigenvalue weighted by molar-refractivity contribution is -0.142. The fraction of sp³-hybridized carbons (Fsp3) is 0.700. The van der Waals surface area contributed by atoms with Crippen molar-refractivity contribution < 1.29 is 14.3 Å². The number of hydrogen-bond acceptors (Lipinski definition) is 3. The van der Waals surface area contributed by atoms with Crippen LogP contribution in [0.3, 0.4) is 0 Å². The van der Waals surface area contributed by atoms with Crippen LogP contribution >= 0.6 is 0 Å². The van der Waals surface area contributed by atoms with E-state index in [1.165, 1.54) is 0 Å². The van der Waals surface area contributed by atoms with E-state index < -0.39 is 0 Å². The Labute approximate surface area is 157 Å². The summed E-state index contributed by atoms with van der Waals surface area (Å²) in [4.78, 5) is 29.2. The Kier molecular flexibility index (Phi) is 6.87. The van der Waals surface area contributed by atoms with E-state index in [1.807, 2.05) is 55.6 Å². The van der Waals surface area contributed by atoms with Crippen LogP contribution in [-0.2, 0) is 27.9 Å². The summed E-state index contributed by atoms with van der Waals surface area (Å²) in [6, 6.07) is 4.33. The normalized spacial score (nSPS) is 14.3. The van der Waals surface area contributed by atoms with Crippen molar-refractivity contribution in [1.82, 2.24) is 14.4 Å². The Balaban J connectivity index is 2.05. The molecule has 146 valence electrons. The number of nitrogens with zero attached hydrogens (tertiary/aromatic N) is 3. The summed E-state index contributed by atoms with van der Waals surface area (Å²) in [5, 5.41) is 0. The van der Waals surface area contributed by atoms with Gasteiger partial charge in [-0.25, -0.2) is 0 Å². The number of amides is 2. The lowest BCUT2D eigenvalue weighted by atomic mass is 9.91. The fourth-order valence-corrected chi connectivity index (χ4v) is 2.96. The fourth-order valence-electron chi connectivity index (χ4n) is 2.96. The van der Waals surface area contributed by atoms with Gasteiger partial charge in [0.15, 0.2) is 0 Å². The first-order chi connectivity index (χ1) is 12.2. The van der Waals surface area contributed by atoms with Gasteiger partial charge in [-0.15, -0.1) is 0 Å². The number of methoxy groups -OCH3 is 1. The van der Waals surface area contributed by atoms with E-state index in [9.17, 15) is 9.59 Å². The Morgan fingerprint density at radius 2 is 1.96 bits per heavy atom. The topological polar surface area (TPSA) is 54.8 Å². The average Bonchev–Trinajstić information content (AvgIpc) is 3.30. The number of aryl methyl sites for hydroxylation is 1. The second kappa shape index (κ2) is 8.71. The van der Waals surface area contributed by atoms with E-state index in [2.05, 4.69) is 0 Å². The number of ether oxygens (including phenoxy) is 1. The summed E-state index contributed by atoms with van der Waals surface area (Å²) >= 11 is 0. The number of aromatic nitrogens is 1. The maximum Gasteiger partial charge on any atom is 0.242 e. The van der Waals surface area contributed by atoms with Crippen LogP contribution in [0.1, 0.15) is 45.7 Å². The number of carbonyl (C=O) groups is 2. The molecule has 1 fully saturated rings. The minimum atomic E-state index is -0.106. The van der Waals surface area contributed by atoms with Gasteiger partial charge in [-0.3, -0.25) is 9.59 Å². The molecule has 0 bridgehead atoms. The van der Waals surface area contributed by atoms with E-state index >= 15 is 0 Å². The third-order valence-corrected chi connectivity index (χ3v) is 4.62. The maximum atomic E-state index is 13.0. The lowest BCUT2D eigenvalue weighted by Crippen LogP contribution is -2.45. The van der Waals surface area contributed by atoms with Gasteiger partial charge in [-0.05, 0) is 30.4 Å². The molecule has 6 heteroatoms. The monoisotopic (exact) mass is 363 g/mol. The summed E-state index contributed by atoms with van der Waals surface area (Å²) in [6.07, 6.45) is 4.50. The Hall–Kier alpha value is -1.82. The van der Waals surface area contributed by atoms with Crippen molar-refractivity contribution in [3.63, 3.8) is 0 Å². The predicted octanol–water partition coefficient (Wildman–Crippen LogP) is 2.43. The molecule has 0 N–H and O–H groups in total. The quantitative estimate of drug-likeness (QED) is 0.677. The summed E-state index contributed by atoms with van der Waals surface area (Å²) in [5.74, 6) is 0.0320. The molecule has 2 rings (SSSR count). The molecule has 0 radical (unpaired) electrons. The molecule has 2 amide bonds. The summed E-state index contributed by atoms with van der Waals surface area (Å²) in [6.45, 7) is 7.70. The second-order valence-corrected chi connectivity index (χ2v) is 8.41. The van der Waals surface area contributed by atoms with Gasteiger partial charge in [-0.1, -0.05) is 20.8 Å². The van der Waals surface area contributed by atoms with Gasteiger partial charge < -0.3 is 19.1 Å². The minimum Gasteiger partial charge on any atom is -0.383 e. The van der Waals surface area contributed by atoms with Crippen LogP contribution in [0.15, 0.2) is 18.3 Å². The number of carbonyl (C=O) groups excluding carboxylic acids is 2. The first-order valence-electron chi connectivity index (χ1n) is 9.37. The predicted molar refractivity (Wildman–Crippen MR) is 102 cm³/mol. The van der Waals surface area contributed by atoms with Crippen molar-refractivity contribution >= 4 is 11.8 Å². The van der Waals surface area contributed by atoms with Gasteiger partial charge in [0.05, 0.1) is 19.7 Å². The molecule has 26 heavy (non-hydrogen) atoms. The molecule has 6 nitrogen and oxygen atoms in total. The molecule has 1 heterocycles. The largest absolute Gasteiger partial charge is 0.383 e. The second-order valence-electron chi connectivity index (χ2n) is 8.41. The average molecular weight is 364 g/mol. The third-order valence-electron chi connectivity index (χ3n) is 4.62. The van der Waals surface area contributed by atoms with Crippen LogP contribution in [0.25, 0.3) is 0 Å². The zero-order valence-electron chi connectivity index (χ0n) is 16.8. The maximum absolute atomic E-state index is 13.0. The van der Waals surface area contributed by atoms with Crippen LogP contribution in [0.2, 0.25) is 0 Å². The SMILES string of the molecule is COCCN(CC(=O)N(Cc1cccn1C)C1CC1)C(=O)CC(C)(C)C. The van der Waals surface area contributed by atoms with Crippen molar-refractivity contribution in [2.24, 2.45) is 12.5 Å². The van der Waals surface area contributed by atoms with Crippen molar-refractivity contribution in [3.05, 3.63) is 24.0 Å². The van der Waals surface area contributed by atoms with Crippen molar-refractivity contribution in [1.29, 1.82) is 0 Å². The lowest BCUT2D eigenvalue weighted by Gasteiger charge is -2.29. The molecule has 0 aromatic carbocycles. The molecule has 1 aliphatic rings. The highest BCUT2D eigenvalue weighted by Gasteiger charge is 2.34. The summed E-state index contributed by atoms with van der Waals surface area (Å²) < 4.78 is 7.17. The highest BCUT2D eigenvalue weighted by Crippen LogP contribution is 2.29. The molecular weight excluding hydrogens is 330 g/mol. The molecule has 1 aromatic rings. The van der Waals surface area contributed by atoms with Gasteiger partial charge >= 0.3 is 0 Å². The first-order valence-corrected chi connectivity index (χ1v) is 9.37. The Morgan fingerprint density at radius 1 is 1.27 bits per heavy atom. The van der Waals surface area contributed by atoms with Gasteiger partial charge in [-0.2, -0.15) is 0 Å². The molecule has 1 saturated carbocycles. The molecular formula is C20H33N3O3. The molecule has 0 saturated heterocycles. The van der Waals surface area contributed by atoms with E-state index in [1.54, 1.807) is 12.0 Å². The van der Waals surface area contributed by atoms with E-state index in [-0.39, 0.29) is 23.8 Å². The van der Waals surface area contributed by atoms with Crippen LogP contribution < -0.4 is 0 Å². The summed E-state index contributed by atoms with van der Waals surface area (Å²) in [5.41, 5.74) is 1.000. The molecule has 1 aliphatic carbocycles. The van der Waals surface area contributed by atoms with Gasteiger partial charge in [0.1, 0.15) is 0 Å². The number of hydrogen-bond donors (Lipinski definition) is 0. The van der Waals surface area contributed by atoms with Crippen LogP contribution in [0, 0.1) is 5.41 Å². The molecule has 0 spiro atoms. The van der Waals surface area contributed by atoms with E-state index in [0.29, 0.717) is 32.2 Å². The van der Waals surface area contributed by atoms with Crippen LogP contribution in [0.5, 0.6) is 0 Å². The highest BCUT2D eigenvalue weighted by molar-refractivity contribution is 5.85. The molecule has 0 aliphatic heterocycles. The Bertz CT molecular complexity index is 614. The zero-order chi connectivity index (χ0) is 19.3. The Morgan fingerprint density at radius 3 is 2.46 bits per heavy atom. The van der Waals surface area contributed by atoms with Crippen molar-refractivity contribution in [2.75, 3.05) is 26.8 Å². The standard InChI is InChI=1S/C20H33N3O3/c1-20(2,3)13-18(24)22(11-12-26-5)15-19(25)23(16-8-9-16)14-17-7-6-10-21(17)4/h6-7,10,16H,8-9,11-15H2,1-5H3. The zero-order valence-corrected chi connectivity index (χ0v) is 16.8. The molecule has 1 aromatic heterocycles. The van der Waals surface area contributed by atoms with E-state index in [0.717, 1.165) is 18.5 Å². The van der Waals surface area contributed by atoms with Crippen LogP contribution in [0.4, 0.5) is 0 Å². The molecule has 0 unspecified atom stereocenters. The van der Waals surface area contributed by atoms with Gasteiger partial charge in [0.25, 0.3) is 0 Å². The van der Waals surface area contributed by atoms with Gasteiger partial charge in [0.2, 0.25) is 11.8 Å². The third kappa shape index (κ3) is 6.16. The summed E-state index contributed by atoms with van der Waals surface area (Å²) in [7, 11) is 3.60. The smallest absolute Gasteiger partial charge is 0.242 e. The van der Waals surface area contributed by atoms with Gasteiger partial charge in [0, 0.05) is 45.1 Å². The highest BCUT2D eigenvalue weighted by atomic mass is 16.5. The molecule has 0 atom stereocenters. The van der Waals surface area contributed by atoms with Crippen LogP contribution in [-0.4, -0.2) is 59.0 Å².